The normalized spacial score (nSPS) is 17.9. The van der Waals surface area contributed by atoms with Crippen molar-refractivity contribution in [3.63, 3.8) is 0 Å². The van der Waals surface area contributed by atoms with Crippen LogP contribution in [-0.4, -0.2) is 26.8 Å². The SMILES string of the molecule is COc1ccccc1N1C(=S)N[C@@H](c2ccccn2)[C@@H]1c1ccc(C)n1-c1cccnc1. The minimum atomic E-state index is -0.150. The summed E-state index contributed by atoms with van der Waals surface area (Å²) in [5, 5.41) is 4.15. The van der Waals surface area contributed by atoms with Crippen LogP contribution >= 0.6 is 12.2 Å². The van der Waals surface area contributed by atoms with Crippen molar-refractivity contribution in [3.05, 3.63) is 102 Å². The number of para-hydroxylation sites is 2. The number of hydrogen-bond donors (Lipinski definition) is 1. The minimum absolute atomic E-state index is 0.140. The van der Waals surface area contributed by atoms with E-state index in [0.717, 1.165) is 34.2 Å². The second kappa shape index (κ2) is 8.43. The molecule has 1 aliphatic rings. The maximum absolute atomic E-state index is 5.86. The highest BCUT2D eigenvalue weighted by Crippen LogP contribution is 2.45. The Morgan fingerprint density at radius 1 is 0.969 bits per heavy atom. The van der Waals surface area contributed by atoms with Gasteiger partial charge in [-0.2, -0.15) is 0 Å². The van der Waals surface area contributed by atoms with Crippen molar-refractivity contribution in [1.82, 2.24) is 19.9 Å². The van der Waals surface area contributed by atoms with E-state index in [2.05, 4.69) is 49.9 Å². The van der Waals surface area contributed by atoms with Crippen LogP contribution in [-0.2, 0) is 0 Å². The van der Waals surface area contributed by atoms with Crippen molar-refractivity contribution >= 4 is 23.0 Å². The van der Waals surface area contributed by atoms with Crippen molar-refractivity contribution in [2.24, 2.45) is 0 Å². The van der Waals surface area contributed by atoms with Gasteiger partial charge in [0.15, 0.2) is 5.11 Å². The van der Waals surface area contributed by atoms with Gasteiger partial charge in [0.25, 0.3) is 0 Å². The monoisotopic (exact) mass is 441 g/mol. The van der Waals surface area contributed by atoms with Crippen LogP contribution in [0.2, 0.25) is 0 Å². The number of ether oxygens (including phenoxy) is 1. The van der Waals surface area contributed by atoms with Gasteiger partial charge in [0.05, 0.1) is 36.4 Å². The lowest BCUT2D eigenvalue weighted by molar-refractivity contribution is 0.414. The van der Waals surface area contributed by atoms with Gasteiger partial charge < -0.3 is 19.5 Å². The standard InChI is InChI=1S/C25H23N5OS/c1-17-12-13-21(29(17)18-8-7-14-26-16-18)24-23(19-9-5-6-15-27-19)28-25(32)30(24)20-10-3-4-11-22(20)31-2/h3-16,23-24H,1-2H3,(H,28,32)/t23-,24-/m0/s1. The van der Waals surface area contributed by atoms with Crippen molar-refractivity contribution in [1.29, 1.82) is 0 Å². The number of nitrogens with zero attached hydrogens (tertiary/aromatic N) is 4. The molecular weight excluding hydrogens is 418 g/mol. The zero-order valence-electron chi connectivity index (χ0n) is 17.8. The highest BCUT2D eigenvalue weighted by molar-refractivity contribution is 7.80. The van der Waals surface area contributed by atoms with Crippen molar-refractivity contribution in [2.45, 2.75) is 19.0 Å². The summed E-state index contributed by atoms with van der Waals surface area (Å²) in [7, 11) is 1.68. The molecule has 160 valence electrons. The van der Waals surface area contributed by atoms with Gasteiger partial charge in [0.1, 0.15) is 11.8 Å². The maximum atomic E-state index is 5.86. The molecule has 32 heavy (non-hydrogen) atoms. The number of thiocarbonyl (C=S) groups is 1. The molecule has 4 aromatic rings. The van der Waals surface area contributed by atoms with E-state index in [1.165, 1.54) is 0 Å². The first kappa shape index (κ1) is 20.2. The molecule has 1 aromatic carbocycles. The Labute approximate surface area is 192 Å². The number of benzene rings is 1. The molecule has 1 aliphatic heterocycles. The van der Waals surface area contributed by atoms with Crippen LogP contribution in [0.5, 0.6) is 5.75 Å². The van der Waals surface area contributed by atoms with E-state index in [9.17, 15) is 0 Å². The molecule has 0 spiro atoms. The topological polar surface area (TPSA) is 55.2 Å². The van der Waals surface area contributed by atoms with Gasteiger partial charge in [-0.25, -0.2) is 0 Å². The third-order valence-corrected chi connectivity index (χ3v) is 6.07. The molecule has 1 N–H and O–H groups in total. The lowest BCUT2D eigenvalue weighted by Gasteiger charge is -2.30. The molecular formula is C25H23N5OS. The van der Waals surface area contributed by atoms with Crippen LogP contribution in [0.1, 0.15) is 29.2 Å². The number of hydrogen-bond acceptors (Lipinski definition) is 4. The molecule has 6 nitrogen and oxygen atoms in total. The summed E-state index contributed by atoms with van der Waals surface area (Å²) in [6.45, 7) is 2.10. The second-order valence-corrected chi connectivity index (χ2v) is 8.00. The Bertz CT molecular complexity index is 1240. The molecule has 1 fully saturated rings. The Morgan fingerprint density at radius 3 is 2.56 bits per heavy atom. The lowest BCUT2D eigenvalue weighted by Crippen LogP contribution is -2.30. The molecule has 0 unspecified atom stereocenters. The third kappa shape index (κ3) is 3.40. The molecule has 3 aromatic heterocycles. The van der Waals surface area contributed by atoms with Crippen LogP contribution in [0, 0.1) is 6.92 Å². The fourth-order valence-electron chi connectivity index (χ4n) is 4.37. The minimum Gasteiger partial charge on any atom is -0.495 e. The first-order valence-corrected chi connectivity index (χ1v) is 10.8. The van der Waals surface area contributed by atoms with Gasteiger partial charge in [-0.05, 0) is 67.7 Å². The van der Waals surface area contributed by atoms with E-state index in [-0.39, 0.29) is 12.1 Å². The molecule has 0 amide bonds. The summed E-state index contributed by atoms with van der Waals surface area (Å²) in [4.78, 5) is 11.1. The smallest absolute Gasteiger partial charge is 0.174 e. The van der Waals surface area contributed by atoms with Gasteiger partial charge in [0, 0.05) is 23.8 Å². The van der Waals surface area contributed by atoms with Crippen LogP contribution in [0.15, 0.2) is 85.3 Å². The van der Waals surface area contributed by atoms with Gasteiger partial charge in [-0.3, -0.25) is 9.97 Å². The molecule has 0 bridgehead atoms. The van der Waals surface area contributed by atoms with E-state index in [0.29, 0.717) is 5.11 Å². The van der Waals surface area contributed by atoms with Gasteiger partial charge in [0.2, 0.25) is 0 Å². The summed E-state index contributed by atoms with van der Waals surface area (Å²) in [5.74, 6) is 0.763. The number of methoxy groups -OCH3 is 1. The molecule has 7 heteroatoms. The number of rotatable bonds is 5. The van der Waals surface area contributed by atoms with E-state index >= 15 is 0 Å². The van der Waals surface area contributed by atoms with Gasteiger partial charge in [-0.15, -0.1) is 0 Å². The Kier molecular flexibility index (Phi) is 5.33. The third-order valence-electron chi connectivity index (χ3n) is 5.76. The molecule has 2 atom stereocenters. The number of anilines is 1. The van der Waals surface area contributed by atoms with Gasteiger partial charge >= 0.3 is 0 Å². The zero-order chi connectivity index (χ0) is 22.1. The summed E-state index contributed by atoms with van der Waals surface area (Å²) >= 11 is 5.86. The molecule has 0 aliphatic carbocycles. The first-order valence-electron chi connectivity index (χ1n) is 10.4. The van der Waals surface area contributed by atoms with Crippen molar-refractivity contribution < 1.29 is 4.74 Å². The summed E-state index contributed by atoms with van der Waals surface area (Å²) in [5.41, 5.74) is 5.04. The number of aryl methyl sites for hydroxylation is 1. The van der Waals surface area contributed by atoms with Crippen molar-refractivity contribution in [2.75, 3.05) is 12.0 Å². The number of nitrogens with one attached hydrogen (secondary N) is 1. The Balaban J connectivity index is 1.72. The van der Waals surface area contributed by atoms with E-state index in [1.807, 2.05) is 60.9 Å². The quantitative estimate of drug-likeness (QED) is 0.451. The molecule has 1 saturated heterocycles. The van der Waals surface area contributed by atoms with E-state index < -0.39 is 0 Å². The lowest BCUT2D eigenvalue weighted by atomic mass is 10.0. The first-order chi connectivity index (χ1) is 15.7. The predicted molar refractivity (Wildman–Crippen MR) is 129 cm³/mol. The van der Waals surface area contributed by atoms with Crippen molar-refractivity contribution in [3.8, 4) is 11.4 Å². The van der Waals surface area contributed by atoms with E-state index in [4.69, 9.17) is 17.0 Å². The highest BCUT2D eigenvalue weighted by Gasteiger charge is 2.43. The number of pyridine rings is 2. The van der Waals surface area contributed by atoms with Crippen LogP contribution < -0.4 is 15.0 Å². The maximum Gasteiger partial charge on any atom is 0.174 e. The Morgan fingerprint density at radius 2 is 1.81 bits per heavy atom. The van der Waals surface area contributed by atoms with Crippen LogP contribution in [0.3, 0.4) is 0 Å². The molecule has 0 saturated carbocycles. The number of aromatic nitrogens is 3. The predicted octanol–water partition coefficient (Wildman–Crippen LogP) is 4.76. The fraction of sp³-hybridized carbons (Fsp3) is 0.160. The summed E-state index contributed by atoms with van der Waals surface area (Å²) in [6, 6.07) is 21.9. The molecule has 4 heterocycles. The van der Waals surface area contributed by atoms with E-state index in [1.54, 1.807) is 13.3 Å². The fourth-order valence-corrected chi connectivity index (χ4v) is 4.71. The zero-order valence-corrected chi connectivity index (χ0v) is 18.7. The molecule has 5 rings (SSSR count). The Hall–Kier alpha value is -3.71. The summed E-state index contributed by atoms with van der Waals surface area (Å²) in [6.07, 6.45) is 5.47. The molecule has 0 radical (unpaired) electrons. The largest absolute Gasteiger partial charge is 0.495 e. The van der Waals surface area contributed by atoms with Crippen LogP contribution in [0.25, 0.3) is 5.69 Å². The average Bonchev–Trinajstić information content (AvgIpc) is 3.39. The average molecular weight is 442 g/mol. The van der Waals surface area contributed by atoms with Gasteiger partial charge in [-0.1, -0.05) is 18.2 Å². The second-order valence-electron chi connectivity index (χ2n) is 7.61. The summed E-state index contributed by atoms with van der Waals surface area (Å²) < 4.78 is 7.92. The highest BCUT2D eigenvalue weighted by atomic mass is 32.1. The van der Waals surface area contributed by atoms with Crippen LogP contribution in [0.4, 0.5) is 5.69 Å².